The summed E-state index contributed by atoms with van der Waals surface area (Å²) in [4.78, 5) is 22.6. The fraction of sp³-hybridized carbons (Fsp3) is 0.538. The van der Waals surface area contributed by atoms with Crippen molar-refractivity contribution in [2.45, 2.75) is 25.3 Å². The van der Waals surface area contributed by atoms with Gasteiger partial charge >= 0.3 is 0 Å². The monoisotopic (exact) mass is 291 g/mol. The van der Waals surface area contributed by atoms with Gasteiger partial charge < -0.3 is 16.0 Å². The summed E-state index contributed by atoms with van der Waals surface area (Å²) in [6, 6.07) is 2.02. The molecule has 0 radical (unpaired) electrons. The molecule has 1 aromatic rings. The predicted octanol–water partition coefficient (Wildman–Crippen LogP) is 0.216. The van der Waals surface area contributed by atoms with Gasteiger partial charge in [0.1, 0.15) is 10.7 Å². The van der Waals surface area contributed by atoms with Gasteiger partial charge in [-0.3, -0.25) is 4.79 Å². The molecule has 20 heavy (non-hydrogen) atoms. The second-order valence-corrected chi connectivity index (χ2v) is 5.75. The standard InChI is InChI=1S/C13H17N5OS/c14-12(20)10-3-5-15-13(17-10)18-6-4-9-8(7-18)1-2-11(19)16-9/h3,5,8-9H,1-2,4,6-7H2,(H2,14,20)(H,16,19). The first-order chi connectivity index (χ1) is 9.63. The van der Waals surface area contributed by atoms with Gasteiger partial charge in [-0.1, -0.05) is 12.2 Å². The molecule has 2 saturated heterocycles. The lowest BCUT2D eigenvalue weighted by molar-refractivity contribution is -0.124. The molecule has 1 amide bonds. The largest absolute Gasteiger partial charge is 0.388 e. The van der Waals surface area contributed by atoms with Crippen molar-refractivity contribution in [1.82, 2.24) is 15.3 Å². The molecule has 2 aliphatic rings. The molecule has 0 spiro atoms. The Hall–Kier alpha value is -1.76. The predicted molar refractivity (Wildman–Crippen MR) is 79.4 cm³/mol. The number of carbonyl (C=O) groups is 1. The van der Waals surface area contributed by atoms with E-state index in [0.717, 1.165) is 25.9 Å². The highest BCUT2D eigenvalue weighted by atomic mass is 32.1. The molecule has 3 N–H and O–H groups in total. The number of thiocarbonyl (C=S) groups is 1. The number of piperidine rings is 2. The Morgan fingerprint density at radius 1 is 1.50 bits per heavy atom. The highest BCUT2D eigenvalue weighted by Crippen LogP contribution is 2.27. The van der Waals surface area contributed by atoms with Crippen molar-refractivity contribution in [3.8, 4) is 0 Å². The van der Waals surface area contributed by atoms with Crippen LogP contribution < -0.4 is 16.0 Å². The average Bonchev–Trinajstić information content (AvgIpc) is 2.47. The van der Waals surface area contributed by atoms with Gasteiger partial charge in [-0.05, 0) is 24.8 Å². The molecule has 2 unspecified atom stereocenters. The van der Waals surface area contributed by atoms with Crippen molar-refractivity contribution in [2.75, 3.05) is 18.0 Å². The van der Waals surface area contributed by atoms with Crippen molar-refractivity contribution in [2.24, 2.45) is 11.7 Å². The van der Waals surface area contributed by atoms with Gasteiger partial charge in [0.25, 0.3) is 0 Å². The van der Waals surface area contributed by atoms with Gasteiger partial charge in [0.05, 0.1) is 0 Å². The van der Waals surface area contributed by atoms with Crippen molar-refractivity contribution in [3.05, 3.63) is 18.0 Å². The van der Waals surface area contributed by atoms with Crippen molar-refractivity contribution >= 4 is 29.1 Å². The maximum absolute atomic E-state index is 11.4. The Kier molecular flexibility index (Phi) is 3.52. The molecule has 2 fully saturated rings. The van der Waals surface area contributed by atoms with E-state index in [1.54, 1.807) is 12.3 Å². The first-order valence-electron chi connectivity index (χ1n) is 6.80. The minimum Gasteiger partial charge on any atom is -0.388 e. The van der Waals surface area contributed by atoms with Crippen LogP contribution in [-0.2, 0) is 4.79 Å². The van der Waals surface area contributed by atoms with Crippen molar-refractivity contribution < 1.29 is 4.79 Å². The molecular weight excluding hydrogens is 274 g/mol. The second-order valence-electron chi connectivity index (χ2n) is 5.31. The highest BCUT2D eigenvalue weighted by molar-refractivity contribution is 7.80. The highest BCUT2D eigenvalue weighted by Gasteiger charge is 2.34. The maximum Gasteiger partial charge on any atom is 0.225 e. The van der Waals surface area contributed by atoms with E-state index in [1.165, 1.54) is 0 Å². The van der Waals surface area contributed by atoms with Gasteiger partial charge in [-0.2, -0.15) is 0 Å². The van der Waals surface area contributed by atoms with Gasteiger partial charge in [-0.15, -0.1) is 0 Å². The fourth-order valence-corrected chi connectivity index (χ4v) is 3.04. The molecule has 3 heterocycles. The Labute approximate surface area is 122 Å². The van der Waals surface area contributed by atoms with Crippen LogP contribution in [0.3, 0.4) is 0 Å². The van der Waals surface area contributed by atoms with E-state index in [1.807, 2.05) is 0 Å². The molecule has 0 saturated carbocycles. The first-order valence-corrected chi connectivity index (χ1v) is 7.21. The van der Waals surface area contributed by atoms with E-state index in [9.17, 15) is 4.79 Å². The van der Waals surface area contributed by atoms with Gasteiger partial charge in [0.15, 0.2) is 0 Å². The molecule has 7 heteroatoms. The Bertz CT molecular complexity index is 549. The number of fused-ring (bicyclic) bond motifs is 1. The minimum absolute atomic E-state index is 0.173. The zero-order valence-corrected chi connectivity index (χ0v) is 11.9. The van der Waals surface area contributed by atoms with Crippen molar-refractivity contribution in [1.29, 1.82) is 0 Å². The number of hydrogen-bond donors (Lipinski definition) is 2. The normalized spacial score (nSPS) is 25.8. The Morgan fingerprint density at radius 2 is 2.35 bits per heavy atom. The van der Waals surface area contributed by atoms with Gasteiger partial charge in [0, 0.05) is 31.7 Å². The number of nitrogens with one attached hydrogen (secondary N) is 1. The molecule has 0 aromatic carbocycles. The number of carbonyl (C=O) groups excluding carboxylic acids is 1. The number of nitrogens with zero attached hydrogens (tertiary/aromatic N) is 3. The second kappa shape index (κ2) is 5.32. The number of amides is 1. The zero-order valence-electron chi connectivity index (χ0n) is 11.1. The lowest BCUT2D eigenvalue weighted by Crippen LogP contribution is -2.54. The lowest BCUT2D eigenvalue weighted by Gasteiger charge is -2.41. The third-order valence-corrected chi connectivity index (χ3v) is 4.21. The van der Waals surface area contributed by atoms with Crippen LogP contribution in [0.5, 0.6) is 0 Å². The molecule has 0 bridgehead atoms. The van der Waals surface area contributed by atoms with Crippen LogP contribution in [-0.4, -0.2) is 40.0 Å². The number of anilines is 1. The summed E-state index contributed by atoms with van der Waals surface area (Å²) in [6.45, 7) is 1.70. The average molecular weight is 291 g/mol. The number of hydrogen-bond acceptors (Lipinski definition) is 5. The molecule has 6 nitrogen and oxygen atoms in total. The first kappa shape index (κ1) is 13.2. The van der Waals surface area contributed by atoms with Crippen LogP contribution in [0.2, 0.25) is 0 Å². The van der Waals surface area contributed by atoms with Crippen molar-refractivity contribution in [3.63, 3.8) is 0 Å². The molecular formula is C13H17N5OS. The zero-order chi connectivity index (χ0) is 14.1. The van der Waals surface area contributed by atoms with E-state index in [4.69, 9.17) is 18.0 Å². The molecule has 2 aliphatic heterocycles. The summed E-state index contributed by atoms with van der Waals surface area (Å²) in [7, 11) is 0. The number of nitrogens with two attached hydrogens (primary N) is 1. The number of rotatable bonds is 2. The maximum atomic E-state index is 11.4. The quantitative estimate of drug-likeness (QED) is 0.758. The topological polar surface area (TPSA) is 84.1 Å². The van der Waals surface area contributed by atoms with E-state index in [-0.39, 0.29) is 10.9 Å². The van der Waals surface area contributed by atoms with E-state index < -0.39 is 0 Å². The van der Waals surface area contributed by atoms with Crippen LogP contribution in [0.1, 0.15) is 25.0 Å². The van der Waals surface area contributed by atoms with Crippen LogP contribution in [0.25, 0.3) is 0 Å². The molecule has 1 aromatic heterocycles. The summed E-state index contributed by atoms with van der Waals surface area (Å²) in [5.74, 6) is 1.32. The van der Waals surface area contributed by atoms with Crippen LogP contribution in [0.4, 0.5) is 5.95 Å². The SMILES string of the molecule is NC(=S)c1ccnc(N2CCC3NC(=O)CCC3C2)n1. The van der Waals surface area contributed by atoms with Gasteiger partial charge in [0.2, 0.25) is 11.9 Å². The third kappa shape index (κ3) is 2.58. The third-order valence-electron chi connectivity index (χ3n) is 4.00. The smallest absolute Gasteiger partial charge is 0.225 e. The molecule has 106 valence electrons. The molecule has 3 rings (SSSR count). The number of aromatic nitrogens is 2. The summed E-state index contributed by atoms with van der Waals surface area (Å²) >= 11 is 4.95. The summed E-state index contributed by atoms with van der Waals surface area (Å²) < 4.78 is 0. The van der Waals surface area contributed by atoms with E-state index in [0.29, 0.717) is 30.0 Å². The fourth-order valence-electron chi connectivity index (χ4n) is 2.93. The van der Waals surface area contributed by atoms with Gasteiger partial charge in [-0.25, -0.2) is 9.97 Å². The van der Waals surface area contributed by atoms with E-state index in [2.05, 4.69) is 20.2 Å². The summed E-state index contributed by atoms with van der Waals surface area (Å²) in [5, 5.41) is 3.07. The minimum atomic E-state index is 0.173. The Balaban J connectivity index is 1.74. The van der Waals surface area contributed by atoms with E-state index >= 15 is 0 Å². The van der Waals surface area contributed by atoms with Crippen LogP contribution >= 0.6 is 12.2 Å². The van der Waals surface area contributed by atoms with Crippen LogP contribution in [0.15, 0.2) is 12.3 Å². The molecule has 2 atom stereocenters. The Morgan fingerprint density at radius 3 is 3.15 bits per heavy atom. The van der Waals surface area contributed by atoms with Crippen LogP contribution in [0, 0.1) is 5.92 Å². The lowest BCUT2D eigenvalue weighted by atomic mass is 9.85. The summed E-state index contributed by atoms with van der Waals surface area (Å²) in [5.41, 5.74) is 6.21. The molecule has 0 aliphatic carbocycles. The summed E-state index contributed by atoms with van der Waals surface area (Å²) in [6.07, 6.45) is 4.16.